The van der Waals surface area contributed by atoms with Gasteiger partial charge in [0.15, 0.2) is 0 Å². The summed E-state index contributed by atoms with van der Waals surface area (Å²) in [5.41, 5.74) is 0.664. The zero-order valence-corrected chi connectivity index (χ0v) is 12.3. The molecule has 0 unspecified atom stereocenters. The molecule has 2 amide bonds. The monoisotopic (exact) mass is 300 g/mol. The number of nitrogens with one attached hydrogen (secondary N) is 1. The van der Waals surface area contributed by atoms with E-state index in [1.165, 1.54) is 16.7 Å². The Kier molecular flexibility index (Phi) is 6.77. The Bertz CT molecular complexity index is 454. The Morgan fingerprint density at radius 2 is 2.37 bits per heavy atom. The van der Waals surface area contributed by atoms with Crippen LogP contribution in [0.5, 0.6) is 0 Å². The summed E-state index contributed by atoms with van der Waals surface area (Å²) >= 11 is 7.45. The normalized spacial score (nSPS) is 10.1. The number of carbonyl (C=O) groups excluding carboxylic acids is 1. The topological polar surface area (TPSA) is 52.6 Å². The number of amides is 2. The van der Waals surface area contributed by atoms with Crippen LogP contribution < -0.4 is 5.32 Å². The lowest BCUT2D eigenvalue weighted by atomic mass is 10.3. The first-order valence-electron chi connectivity index (χ1n) is 5.73. The van der Waals surface area contributed by atoms with Crippen molar-refractivity contribution in [3.63, 3.8) is 0 Å². The third-order valence-corrected chi connectivity index (χ3v) is 3.44. The van der Waals surface area contributed by atoms with Gasteiger partial charge in [-0.2, -0.15) is 0 Å². The molecule has 0 atom stereocenters. The van der Waals surface area contributed by atoms with Gasteiger partial charge in [0, 0.05) is 23.0 Å². The van der Waals surface area contributed by atoms with Crippen LogP contribution in [0.4, 0.5) is 10.5 Å². The van der Waals surface area contributed by atoms with Gasteiger partial charge in [-0.05, 0) is 24.5 Å². The highest BCUT2D eigenvalue weighted by atomic mass is 35.5. The third-order valence-electron chi connectivity index (χ3n) is 2.41. The van der Waals surface area contributed by atoms with E-state index in [0.717, 1.165) is 4.90 Å². The van der Waals surface area contributed by atoms with E-state index in [4.69, 9.17) is 16.7 Å². The lowest BCUT2D eigenvalue weighted by Crippen LogP contribution is -2.37. The summed E-state index contributed by atoms with van der Waals surface area (Å²) in [5.74, 6) is 0. The molecule has 2 N–H and O–H groups in total. The van der Waals surface area contributed by atoms with E-state index in [1.807, 2.05) is 12.3 Å². The number of hydrogen-bond acceptors (Lipinski definition) is 3. The third kappa shape index (κ3) is 4.78. The van der Waals surface area contributed by atoms with Gasteiger partial charge in [-0.1, -0.05) is 17.7 Å². The molecule has 0 aliphatic heterocycles. The van der Waals surface area contributed by atoms with E-state index in [0.29, 0.717) is 17.3 Å². The average Bonchev–Trinajstić information content (AvgIpc) is 2.38. The van der Waals surface area contributed by atoms with Gasteiger partial charge in [0.1, 0.15) is 0 Å². The SMILES string of the molecule is C=CCN(CCO)C(=O)Nc1cc(Cl)ccc1SC. The van der Waals surface area contributed by atoms with Gasteiger partial charge in [-0.3, -0.25) is 0 Å². The number of hydrogen-bond donors (Lipinski definition) is 2. The average molecular weight is 301 g/mol. The number of carbonyl (C=O) groups is 1. The number of aliphatic hydroxyl groups excluding tert-OH is 1. The Morgan fingerprint density at radius 3 is 2.95 bits per heavy atom. The molecule has 0 bridgehead atoms. The Morgan fingerprint density at radius 1 is 1.63 bits per heavy atom. The second-order valence-corrected chi connectivity index (χ2v) is 5.02. The van der Waals surface area contributed by atoms with Crippen molar-refractivity contribution in [2.24, 2.45) is 0 Å². The van der Waals surface area contributed by atoms with Crippen molar-refractivity contribution in [1.82, 2.24) is 4.90 Å². The van der Waals surface area contributed by atoms with Crippen molar-refractivity contribution >= 4 is 35.1 Å². The van der Waals surface area contributed by atoms with Crippen LogP contribution in [0, 0.1) is 0 Å². The number of halogens is 1. The van der Waals surface area contributed by atoms with Crippen molar-refractivity contribution < 1.29 is 9.90 Å². The fourth-order valence-electron chi connectivity index (χ4n) is 1.52. The van der Waals surface area contributed by atoms with E-state index in [1.54, 1.807) is 18.2 Å². The molecule has 0 saturated carbocycles. The summed E-state index contributed by atoms with van der Waals surface area (Å²) in [6.45, 7) is 4.13. The Labute approximate surface area is 122 Å². The maximum Gasteiger partial charge on any atom is 0.322 e. The summed E-state index contributed by atoms with van der Waals surface area (Å²) in [5, 5.41) is 12.3. The first-order chi connectivity index (χ1) is 9.12. The molecule has 6 heteroatoms. The molecule has 0 spiro atoms. The largest absolute Gasteiger partial charge is 0.395 e. The van der Waals surface area contributed by atoms with Crippen LogP contribution in [0.3, 0.4) is 0 Å². The van der Waals surface area contributed by atoms with Gasteiger partial charge < -0.3 is 15.3 Å². The number of aliphatic hydroxyl groups is 1. The summed E-state index contributed by atoms with van der Waals surface area (Å²) in [4.78, 5) is 14.5. The highest BCUT2D eigenvalue weighted by molar-refractivity contribution is 7.98. The van der Waals surface area contributed by atoms with Crippen LogP contribution in [-0.4, -0.2) is 42.0 Å². The fourth-order valence-corrected chi connectivity index (χ4v) is 2.23. The highest BCUT2D eigenvalue weighted by Gasteiger charge is 2.13. The van der Waals surface area contributed by atoms with Gasteiger partial charge >= 0.3 is 6.03 Å². The molecule has 0 heterocycles. The molecule has 104 valence electrons. The van der Waals surface area contributed by atoms with Gasteiger partial charge in [-0.15, -0.1) is 18.3 Å². The second kappa shape index (κ2) is 8.09. The molecule has 4 nitrogen and oxygen atoms in total. The van der Waals surface area contributed by atoms with Crippen LogP contribution in [0.25, 0.3) is 0 Å². The van der Waals surface area contributed by atoms with Crippen molar-refractivity contribution in [1.29, 1.82) is 0 Å². The highest BCUT2D eigenvalue weighted by Crippen LogP contribution is 2.28. The standard InChI is InChI=1S/C13H17ClN2O2S/c1-3-6-16(7-8-17)13(18)15-11-9-10(14)4-5-12(11)19-2/h3-5,9,17H,1,6-8H2,2H3,(H,15,18). The summed E-state index contributed by atoms with van der Waals surface area (Å²) < 4.78 is 0. The van der Waals surface area contributed by atoms with Crippen LogP contribution in [0.15, 0.2) is 35.7 Å². The smallest absolute Gasteiger partial charge is 0.322 e. The van der Waals surface area contributed by atoms with E-state index in [-0.39, 0.29) is 19.2 Å². The Hall–Kier alpha value is -1.17. The zero-order chi connectivity index (χ0) is 14.3. The minimum atomic E-state index is -0.286. The van der Waals surface area contributed by atoms with Crippen molar-refractivity contribution in [3.8, 4) is 0 Å². The number of urea groups is 1. The maximum absolute atomic E-state index is 12.1. The molecule has 0 aliphatic rings. The first-order valence-corrected chi connectivity index (χ1v) is 7.34. The second-order valence-electron chi connectivity index (χ2n) is 3.73. The molecule has 1 rings (SSSR count). The van der Waals surface area contributed by atoms with E-state index >= 15 is 0 Å². The predicted molar refractivity (Wildman–Crippen MR) is 81.1 cm³/mol. The minimum Gasteiger partial charge on any atom is -0.395 e. The van der Waals surface area contributed by atoms with Crippen molar-refractivity contribution in [3.05, 3.63) is 35.9 Å². The van der Waals surface area contributed by atoms with Crippen LogP contribution in [0.1, 0.15) is 0 Å². The van der Waals surface area contributed by atoms with Crippen molar-refractivity contribution in [2.45, 2.75) is 4.90 Å². The lowest BCUT2D eigenvalue weighted by Gasteiger charge is -2.21. The molecular weight excluding hydrogens is 284 g/mol. The van der Waals surface area contributed by atoms with Gasteiger partial charge in [0.05, 0.1) is 12.3 Å². The predicted octanol–water partition coefficient (Wildman–Crippen LogP) is 3.07. The number of benzene rings is 1. The lowest BCUT2D eigenvalue weighted by molar-refractivity contribution is 0.195. The molecule has 0 aromatic heterocycles. The Balaban J connectivity index is 2.84. The molecule has 0 aliphatic carbocycles. The van der Waals surface area contributed by atoms with Gasteiger partial charge in [0.2, 0.25) is 0 Å². The summed E-state index contributed by atoms with van der Waals surface area (Å²) in [7, 11) is 0. The van der Waals surface area contributed by atoms with E-state index < -0.39 is 0 Å². The molecule has 1 aromatic rings. The molecular formula is C13H17ClN2O2S. The first kappa shape index (κ1) is 15.9. The summed E-state index contributed by atoms with van der Waals surface area (Å²) in [6, 6.07) is 5.05. The molecule has 0 fully saturated rings. The van der Waals surface area contributed by atoms with E-state index in [9.17, 15) is 4.79 Å². The number of anilines is 1. The zero-order valence-electron chi connectivity index (χ0n) is 10.7. The quantitative estimate of drug-likeness (QED) is 0.627. The minimum absolute atomic E-state index is 0.0911. The molecule has 19 heavy (non-hydrogen) atoms. The molecule has 0 radical (unpaired) electrons. The van der Waals surface area contributed by atoms with Crippen LogP contribution in [0.2, 0.25) is 5.02 Å². The van der Waals surface area contributed by atoms with Crippen molar-refractivity contribution in [2.75, 3.05) is 31.3 Å². The molecule has 0 saturated heterocycles. The molecule has 1 aromatic carbocycles. The fraction of sp³-hybridized carbons (Fsp3) is 0.308. The van der Waals surface area contributed by atoms with Crippen LogP contribution in [-0.2, 0) is 0 Å². The number of rotatable bonds is 6. The van der Waals surface area contributed by atoms with E-state index in [2.05, 4.69) is 11.9 Å². The summed E-state index contributed by atoms with van der Waals surface area (Å²) in [6.07, 6.45) is 3.54. The number of thioether (sulfide) groups is 1. The van der Waals surface area contributed by atoms with Crippen LogP contribution >= 0.6 is 23.4 Å². The van der Waals surface area contributed by atoms with Gasteiger partial charge in [0.25, 0.3) is 0 Å². The van der Waals surface area contributed by atoms with Gasteiger partial charge in [-0.25, -0.2) is 4.79 Å². The number of nitrogens with zero attached hydrogens (tertiary/aromatic N) is 1. The maximum atomic E-state index is 12.1.